The molecule has 0 fully saturated rings. The van der Waals surface area contributed by atoms with Crippen LogP contribution in [0.25, 0.3) is 32.8 Å². The third kappa shape index (κ3) is 1.43. The number of hydrogen-bond donors (Lipinski definition) is 0. The minimum Gasteiger partial charge on any atom is -0.497 e. The zero-order valence-corrected chi connectivity index (χ0v) is 11.4. The number of rotatable bonds is 1. The number of aryl methyl sites for hydroxylation is 1. The average Bonchev–Trinajstić information content (AvgIpc) is 2.78. The molecule has 0 N–H and O–H groups in total. The van der Waals surface area contributed by atoms with Crippen molar-refractivity contribution in [1.29, 1.82) is 0 Å². The number of pyridine rings is 1. The Hall–Kier alpha value is -2.55. The van der Waals surface area contributed by atoms with Crippen LogP contribution in [0.15, 0.2) is 48.5 Å². The number of ether oxygens (including phenoxy) is 1. The normalized spacial score (nSPS) is 11.5. The van der Waals surface area contributed by atoms with Gasteiger partial charge in [-0.25, -0.2) is 4.98 Å². The van der Waals surface area contributed by atoms with Crippen molar-refractivity contribution in [3.05, 3.63) is 48.5 Å². The topological polar surface area (TPSA) is 27.1 Å². The van der Waals surface area contributed by atoms with Gasteiger partial charge in [0.15, 0.2) is 0 Å². The minimum atomic E-state index is 0.860. The maximum atomic E-state index is 5.29. The zero-order valence-electron chi connectivity index (χ0n) is 11.4. The Morgan fingerprint density at radius 3 is 2.70 bits per heavy atom. The summed E-state index contributed by atoms with van der Waals surface area (Å²) in [6, 6.07) is 16.6. The molecule has 0 unspecified atom stereocenters. The van der Waals surface area contributed by atoms with E-state index in [1.165, 1.54) is 16.3 Å². The number of benzene rings is 2. The molecule has 98 valence electrons. The van der Waals surface area contributed by atoms with E-state index in [2.05, 4.69) is 41.9 Å². The lowest BCUT2D eigenvalue weighted by Gasteiger charge is -2.03. The molecule has 0 saturated heterocycles. The molecule has 0 radical (unpaired) electrons. The smallest absolute Gasteiger partial charge is 0.141 e. The Labute approximate surface area is 116 Å². The zero-order chi connectivity index (χ0) is 13.7. The molecular formula is C17H14N2O. The fourth-order valence-electron chi connectivity index (χ4n) is 2.83. The largest absolute Gasteiger partial charge is 0.497 e. The molecule has 4 rings (SSSR count). The van der Waals surface area contributed by atoms with Crippen molar-refractivity contribution in [2.45, 2.75) is 0 Å². The molecule has 0 aliphatic carbocycles. The summed E-state index contributed by atoms with van der Waals surface area (Å²) in [5.41, 5.74) is 3.21. The summed E-state index contributed by atoms with van der Waals surface area (Å²) in [4.78, 5) is 4.80. The molecule has 0 bridgehead atoms. The van der Waals surface area contributed by atoms with Gasteiger partial charge in [0.2, 0.25) is 0 Å². The first kappa shape index (κ1) is 11.3. The average molecular weight is 262 g/mol. The van der Waals surface area contributed by atoms with Crippen molar-refractivity contribution in [3.63, 3.8) is 0 Å². The van der Waals surface area contributed by atoms with Crippen molar-refractivity contribution in [1.82, 2.24) is 9.55 Å². The Morgan fingerprint density at radius 2 is 1.85 bits per heavy atom. The molecule has 0 amide bonds. The van der Waals surface area contributed by atoms with Gasteiger partial charge in [-0.3, -0.25) is 0 Å². The number of hydrogen-bond acceptors (Lipinski definition) is 2. The fourth-order valence-corrected chi connectivity index (χ4v) is 2.83. The van der Waals surface area contributed by atoms with E-state index in [0.29, 0.717) is 0 Å². The van der Waals surface area contributed by atoms with Gasteiger partial charge in [0.05, 0.1) is 18.1 Å². The summed E-state index contributed by atoms with van der Waals surface area (Å²) < 4.78 is 7.44. The van der Waals surface area contributed by atoms with E-state index in [-0.39, 0.29) is 0 Å². The molecule has 0 spiro atoms. The molecule has 3 nitrogen and oxygen atoms in total. The Bertz CT molecular complexity index is 953. The second-order valence-electron chi connectivity index (χ2n) is 4.99. The second kappa shape index (κ2) is 3.97. The van der Waals surface area contributed by atoms with Crippen LogP contribution < -0.4 is 4.74 Å². The molecular weight excluding hydrogens is 248 g/mol. The maximum absolute atomic E-state index is 5.29. The first-order chi connectivity index (χ1) is 9.78. The van der Waals surface area contributed by atoms with Crippen molar-refractivity contribution in [2.75, 3.05) is 7.11 Å². The van der Waals surface area contributed by atoms with Gasteiger partial charge >= 0.3 is 0 Å². The van der Waals surface area contributed by atoms with Crippen LogP contribution in [-0.2, 0) is 7.05 Å². The third-order valence-corrected chi connectivity index (χ3v) is 3.88. The number of aromatic nitrogens is 2. The maximum Gasteiger partial charge on any atom is 0.141 e. The molecule has 0 saturated carbocycles. The van der Waals surface area contributed by atoms with E-state index in [9.17, 15) is 0 Å². The van der Waals surface area contributed by atoms with E-state index in [1.807, 2.05) is 18.2 Å². The summed E-state index contributed by atoms with van der Waals surface area (Å²) in [5, 5.41) is 3.53. The number of nitrogens with zero attached hydrogens (tertiary/aromatic N) is 2. The summed E-state index contributed by atoms with van der Waals surface area (Å²) >= 11 is 0. The highest BCUT2D eigenvalue weighted by molar-refractivity contribution is 6.10. The van der Waals surface area contributed by atoms with E-state index in [4.69, 9.17) is 9.72 Å². The number of fused-ring (bicyclic) bond motifs is 4. The van der Waals surface area contributed by atoms with Gasteiger partial charge in [-0.1, -0.05) is 18.2 Å². The van der Waals surface area contributed by atoms with E-state index < -0.39 is 0 Å². The number of para-hydroxylation sites is 1. The van der Waals surface area contributed by atoms with Crippen molar-refractivity contribution >= 4 is 32.8 Å². The van der Waals surface area contributed by atoms with Gasteiger partial charge in [0.25, 0.3) is 0 Å². The van der Waals surface area contributed by atoms with Crippen molar-refractivity contribution in [3.8, 4) is 5.75 Å². The first-order valence-corrected chi connectivity index (χ1v) is 6.60. The molecule has 3 heteroatoms. The van der Waals surface area contributed by atoms with E-state index in [0.717, 1.165) is 22.3 Å². The third-order valence-electron chi connectivity index (χ3n) is 3.88. The lowest BCUT2D eigenvalue weighted by molar-refractivity contribution is 0.415. The van der Waals surface area contributed by atoms with Crippen LogP contribution in [-0.4, -0.2) is 16.7 Å². The van der Waals surface area contributed by atoms with Gasteiger partial charge in [-0.05, 0) is 30.3 Å². The predicted octanol–water partition coefficient (Wildman–Crippen LogP) is 3.89. The Kier molecular flexibility index (Phi) is 2.24. The minimum absolute atomic E-state index is 0.860. The van der Waals surface area contributed by atoms with Gasteiger partial charge < -0.3 is 9.30 Å². The molecule has 0 aliphatic rings. The van der Waals surface area contributed by atoms with Crippen LogP contribution >= 0.6 is 0 Å². The predicted molar refractivity (Wildman–Crippen MR) is 82.3 cm³/mol. The highest BCUT2D eigenvalue weighted by atomic mass is 16.5. The van der Waals surface area contributed by atoms with Crippen LogP contribution in [0, 0.1) is 0 Å². The van der Waals surface area contributed by atoms with Gasteiger partial charge in [0.1, 0.15) is 11.4 Å². The molecule has 0 aliphatic heterocycles. The Balaban J connectivity index is 2.20. The van der Waals surface area contributed by atoms with Gasteiger partial charge in [-0.15, -0.1) is 0 Å². The standard InChI is InChI=1S/C17H14N2O/c1-19-16-6-4-3-5-13(16)14-10-11-9-12(20-2)7-8-15(11)18-17(14)19/h3-10H,1-2H3. The van der Waals surface area contributed by atoms with Crippen LogP contribution in [0.3, 0.4) is 0 Å². The highest BCUT2D eigenvalue weighted by Crippen LogP contribution is 2.30. The van der Waals surface area contributed by atoms with Crippen molar-refractivity contribution < 1.29 is 4.74 Å². The molecule has 0 atom stereocenters. The summed E-state index contributed by atoms with van der Waals surface area (Å²) in [7, 11) is 3.75. The van der Waals surface area contributed by atoms with Crippen LogP contribution in [0.4, 0.5) is 0 Å². The van der Waals surface area contributed by atoms with Crippen LogP contribution in [0.5, 0.6) is 5.75 Å². The lowest BCUT2D eigenvalue weighted by atomic mass is 10.1. The summed E-state index contributed by atoms with van der Waals surface area (Å²) in [5.74, 6) is 0.860. The van der Waals surface area contributed by atoms with Gasteiger partial charge in [-0.2, -0.15) is 0 Å². The van der Waals surface area contributed by atoms with Crippen molar-refractivity contribution in [2.24, 2.45) is 7.05 Å². The Morgan fingerprint density at radius 1 is 1.00 bits per heavy atom. The number of methoxy groups -OCH3 is 1. The van der Waals surface area contributed by atoms with E-state index in [1.54, 1.807) is 7.11 Å². The fraction of sp³-hybridized carbons (Fsp3) is 0.118. The lowest BCUT2D eigenvalue weighted by Crippen LogP contribution is -1.90. The molecule has 20 heavy (non-hydrogen) atoms. The van der Waals surface area contributed by atoms with E-state index >= 15 is 0 Å². The SMILES string of the molecule is COc1ccc2nc3c(cc2c1)c1ccccc1n3C. The highest BCUT2D eigenvalue weighted by Gasteiger charge is 2.10. The molecule has 2 aromatic heterocycles. The molecule has 4 aromatic rings. The molecule has 2 heterocycles. The van der Waals surface area contributed by atoms with Crippen LogP contribution in [0.2, 0.25) is 0 Å². The first-order valence-electron chi connectivity index (χ1n) is 6.60. The quantitative estimate of drug-likeness (QED) is 0.520. The summed E-state index contributed by atoms with van der Waals surface area (Å²) in [6.07, 6.45) is 0. The monoisotopic (exact) mass is 262 g/mol. The molecule has 2 aromatic carbocycles. The second-order valence-corrected chi connectivity index (χ2v) is 4.99. The summed E-state index contributed by atoms with van der Waals surface area (Å²) in [6.45, 7) is 0. The van der Waals surface area contributed by atoms with Crippen LogP contribution in [0.1, 0.15) is 0 Å². The van der Waals surface area contributed by atoms with Gasteiger partial charge in [0, 0.05) is 23.2 Å².